The molecular weight excluding hydrogens is 258 g/mol. The molecule has 3 heteroatoms. The van der Waals surface area contributed by atoms with Crippen molar-refractivity contribution >= 4 is 0 Å². The van der Waals surface area contributed by atoms with Crippen molar-refractivity contribution in [1.82, 2.24) is 14.9 Å². The van der Waals surface area contributed by atoms with Crippen LogP contribution in [0.5, 0.6) is 0 Å². The van der Waals surface area contributed by atoms with Crippen LogP contribution in [0.25, 0.3) is 11.1 Å². The molecule has 0 saturated heterocycles. The summed E-state index contributed by atoms with van der Waals surface area (Å²) in [5.74, 6) is 0. The normalized spacial score (nSPS) is 13.3. The van der Waals surface area contributed by atoms with Gasteiger partial charge in [0.15, 0.2) is 0 Å². The molecule has 0 bridgehead atoms. The average Bonchev–Trinajstić information content (AvgIpc) is 3.18. The van der Waals surface area contributed by atoms with Crippen LogP contribution in [0.3, 0.4) is 0 Å². The quantitative estimate of drug-likeness (QED) is 0.795. The van der Waals surface area contributed by atoms with Gasteiger partial charge >= 0.3 is 0 Å². The van der Waals surface area contributed by atoms with Crippen molar-refractivity contribution in [1.29, 1.82) is 0 Å². The smallest absolute Gasteiger partial charge is 0.0949 e. The molecule has 21 heavy (non-hydrogen) atoms. The number of hydrogen-bond acceptors (Lipinski definition) is 2. The van der Waals surface area contributed by atoms with E-state index in [0.29, 0.717) is 0 Å². The van der Waals surface area contributed by atoms with E-state index in [1.54, 1.807) is 0 Å². The van der Waals surface area contributed by atoms with Crippen LogP contribution in [0, 0.1) is 0 Å². The topological polar surface area (TPSA) is 29.9 Å². The van der Waals surface area contributed by atoms with Gasteiger partial charge < -0.3 is 9.88 Å². The van der Waals surface area contributed by atoms with E-state index in [-0.39, 0.29) is 0 Å². The fourth-order valence-corrected chi connectivity index (χ4v) is 2.87. The van der Waals surface area contributed by atoms with Gasteiger partial charge in [-0.05, 0) is 33.9 Å². The molecule has 0 atom stereocenters. The van der Waals surface area contributed by atoms with Crippen LogP contribution in [-0.4, -0.2) is 9.55 Å². The SMILES string of the molecule is c1cn(Cc2ccc(-c3ccc4c(c3)CNC4)cc2)cn1. The third kappa shape index (κ3) is 2.48. The van der Waals surface area contributed by atoms with E-state index in [2.05, 4.69) is 57.3 Å². The predicted molar refractivity (Wildman–Crippen MR) is 83.8 cm³/mol. The summed E-state index contributed by atoms with van der Waals surface area (Å²) in [6.07, 6.45) is 5.65. The van der Waals surface area contributed by atoms with Gasteiger partial charge in [-0.1, -0.05) is 36.4 Å². The van der Waals surface area contributed by atoms with Gasteiger partial charge in [0.2, 0.25) is 0 Å². The van der Waals surface area contributed by atoms with Crippen molar-refractivity contribution in [2.45, 2.75) is 19.6 Å². The number of benzene rings is 2. The lowest BCUT2D eigenvalue weighted by Crippen LogP contribution is -1.99. The molecule has 1 N–H and O–H groups in total. The maximum absolute atomic E-state index is 4.07. The Bertz CT molecular complexity index is 743. The zero-order valence-corrected chi connectivity index (χ0v) is 11.8. The van der Waals surface area contributed by atoms with Gasteiger partial charge in [0, 0.05) is 32.0 Å². The summed E-state index contributed by atoms with van der Waals surface area (Å²) < 4.78 is 2.08. The highest BCUT2D eigenvalue weighted by atomic mass is 15.0. The highest BCUT2D eigenvalue weighted by molar-refractivity contribution is 5.65. The van der Waals surface area contributed by atoms with E-state index in [1.165, 1.54) is 27.8 Å². The largest absolute Gasteiger partial charge is 0.333 e. The van der Waals surface area contributed by atoms with Crippen LogP contribution in [0.15, 0.2) is 61.2 Å². The molecule has 0 spiro atoms. The molecule has 2 aromatic carbocycles. The van der Waals surface area contributed by atoms with Crippen LogP contribution in [0.2, 0.25) is 0 Å². The van der Waals surface area contributed by atoms with Gasteiger partial charge in [-0.15, -0.1) is 0 Å². The number of imidazole rings is 1. The van der Waals surface area contributed by atoms with Crippen LogP contribution < -0.4 is 5.32 Å². The first-order chi connectivity index (χ1) is 10.4. The van der Waals surface area contributed by atoms with Gasteiger partial charge in [-0.25, -0.2) is 4.98 Å². The minimum Gasteiger partial charge on any atom is -0.333 e. The molecule has 4 rings (SSSR count). The van der Waals surface area contributed by atoms with Crippen molar-refractivity contribution in [3.05, 3.63) is 77.9 Å². The van der Waals surface area contributed by atoms with Crippen LogP contribution >= 0.6 is 0 Å². The highest BCUT2D eigenvalue weighted by Crippen LogP contribution is 2.25. The molecule has 3 nitrogen and oxygen atoms in total. The van der Waals surface area contributed by atoms with Crippen molar-refractivity contribution in [2.24, 2.45) is 0 Å². The molecule has 1 aliphatic heterocycles. The number of hydrogen-bond donors (Lipinski definition) is 1. The third-order valence-corrected chi connectivity index (χ3v) is 4.05. The summed E-state index contributed by atoms with van der Waals surface area (Å²) in [5, 5.41) is 3.39. The lowest BCUT2D eigenvalue weighted by Gasteiger charge is -2.07. The summed E-state index contributed by atoms with van der Waals surface area (Å²) in [6, 6.07) is 15.6. The van der Waals surface area contributed by atoms with E-state index in [0.717, 1.165) is 19.6 Å². The first kappa shape index (κ1) is 12.4. The third-order valence-electron chi connectivity index (χ3n) is 4.05. The Morgan fingerprint density at radius 2 is 1.76 bits per heavy atom. The van der Waals surface area contributed by atoms with E-state index in [9.17, 15) is 0 Å². The first-order valence-electron chi connectivity index (χ1n) is 7.26. The molecule has 0 amide bonds. The van der Waals surface area contributed by atoms with Crippen LogP contribution in [-0.2, 0) is 19.6 Å². The fourth-order valence-electron chi connectivity index (χ4n) is 2.87. The second-order valence-electron chi connectivity index (χ2n) is 5.52. The summed E-state index contributed by atoms with van der Waals surface area (Å²) in [4.78, 5) is 4.07. The second kappa shape index (κ2) is 5.19. The summed E-state index contributed by atoms with van der Waals surface area (Å²) >= 11 is 0. The Morgan fingerprint density at radius 3 is 2.57 bits per heavy atom. The van der Waals surface area contributed by atoms with Crippen LogP contribution in [0.4, 0.5) is 0 Å². The van der Waals surface area contributed by atoms with Gasteiger partial charge in [0.05, 0.1) is 6.33 Å². The molecular formula is C18H17N3. The molecule has 1 aliphatic rings. The van der Waals surface area contributed by atoms with E-state index >= 15 is 0 Å². The van der Waals surface area contributed by atoms with Crippen molar-refractivity contribution in [3.63, 3.8) is 0 Å². The zero-order chi connectivity index (χ0) is 14.1. The molecule has 1 aromatic heterocycles. The van der Waals surface area contributed by atoms with E-state index in [1.807, 2.05) is 18.7 Å². The first-order valence-corrected chi connectivity index (χ1v) is 7.26. The number of rotatable bonds is 3. The molecule has 0 aliphatic carbocycles. The number of aromatic nitrogens is 2. The van der Waals surface area contributed by atoms with Crippen LogP contribution in [0.1, 0.15) is 16.7 Å². The number of fused-ring (bicyclic) bond motifs is 1. The van der Waals surface area contributed by atoms with E-state index in [4.69, 9.17) is 0 Å². The fraction of sp³-hybridized carbons (Fsp3) is 0.167. The molecule has 0 saturated carbocycles. The molecule has 0 unspecified atom stereocenters. The summed E-state index contributed by atoms with van der Waals surface area (Å²) in [5.41, 5.74) is 6.72. The Hall–Kier alpha value is -2.39. The molecule has 0 radical (unpaired) electrons. The molecule has 2 heterocycles. The van der Waals surface area contributed by atoms with Crippen molar-refractivity contribution < 1.29 is 0 Å². The van der Waals surface area contributed by atoms with Crippen molar-refractivity contribution in [2.75, 3.05) is 0 Å². The van der Waals surface area contributed by atoms with Crippen molar-refractivity contribution in [3.8, 4) is 11.1 Å². The Morgan fingerprint density at radius 1 is 0.952 bits per heavy atom. The lowest BCUT2D eigenvalue weighted by atomic mass is 9.99. The van der Waals surface area contributed by atoms with E-state index < -0.39 is 0 Å². The Labute approximate surface area is 124 Å². The molecule has 104 valence electrons. The standard InChI is InChI=1S/C18H17N3/c1-3-15(4-2-14(1)12-21-8-7-19-13-21)16-5-6-17-10-20-11-18(17)9-16/h1-9,13,20H,10-12H2. The Kier molecular flexibility index (Phi) is 3.05. The van der Waals surface area contributed by atoms with Gasteiger partial charge in [0.1, 0.15) is 0 Å². The van der Waals surface area contributed by atoms with Gasteiger partial charge in [-0.3, -0.25) is 0 Å². The number of nitrogens with one attached hydrogen (secondary N) is 1. The van der Waals surface area contributed by atoms with Gasteiger partial charge in [0.25, 0.3) is 0 Å². The molecule has 3 aromatic rings. The summed E-state index contributed by atoms with van der Waals surface area (Å²) in [7, 11) is 0. The second-order valence-corrected chi connectivity index (χ2v) is 5.52. The minimum atomic E-state index is 0.869. The highest BCUT2D eigenvalue weighted by Gasteiger charge is 2.10. The summed E-state index contributed by atoms with van der Waals surface area (Å²) in [6.45, 7) is 2.86. The minimum absolute atomic E-state index is 0.869. The predicted octanol–water partition coefficient (Wildman–Crippen LogP) is 3.20. The Balaban J connectivity index is 1.58. The maximum Gasteiger partial charge on any atom is 0.0949 e. The molecule has 0 fully saturated rings. The number of nitrogens with zero attached hydrogens (tertiary/aromatic N) is 2. The average molecular weight is 275 g/mol. The monoisotopic (exact) mass is 275 g/mol. The van der Waals surface area contributed by atoms with Gasteiger partial charge in [-0.2, -0.15) is 0 Å². The maximum atomic E-state index is 4.07. The zero-order valence-electron chi connectivity index (χ0n) is 11.8. The lowest BCUT2D eigenvalue weighted by molar-refractivity contribution is 0.765.